The molecule has 0 aromatic heterocycles. The molecule has 78 valence electrons. The van der Waals surface area contributed by atoms with Crippen molar-refractivity contribution in [2.75, 3.05) is 0 Å². The second-order valence-electron chi connectivity index (χ2n) is 2.59. The van der Waals surface area contributed by atoms with E-state index in [9.17, 15) is 21.9 Å². The molecule has 0 fully saturated rings. The molecule has 0 aliphatic heterocycles. The Morgan fingerprint density at radius 3 is 2.00 bits per heavy atom. The molecule has 2 nitrogen and oxygen atoms in total. The molecule has 0 aliphatic rings. The number of alkyl halides is 3. The van der Waals surface area contributed by atoms with Crippen molar-refractivity contribution in [2.24, 2.45) is 0 Å². The molecule has 0 bridgehead atoms. The third-order valence-corrected chi connectivity index (χ3v) is 2.52. The molecule has 0 radical (unpaired) electrons. The van der Waals surface area contributed by atoms with Gasteiger partial charge in [-0.25, -0.2) is 0 Å². The molecule has 2 atom stereocenters. The van der Waals surface area contributed by atoms with Crippen LogP contribution in [0.2, 0.25) is 0 Å². The molecule has 1 aromatic carbocycles. The van der Waals surface area contributed by atoms with Crippen molar-refractivity contribution in [1.82, 2.24) is 0 Å². The molecule has 0 N–H and O–H groups in total. The van der Waals surface area contributed by atoms with Crippen molar-refractivity contribution in [3.8, 4) is 0 Å². The number of hydrogen-bond donors (Lipinski definition) is 0. The van der Waals surface area contributed by atoms with Crippen molar-refractivity contribution in [1.29, 1.82) is 0 Å². The largest absolute Gasteiger partial charge is 1.00 e. The van der Waals surface area contributed by atoms with E-state index in [0.717, 1.165) is 12.1 Å². The van der Waals surface area contributed by atoms with Crippen LogP contribution in [0.1, 0.15) is 10.8 Å². The summed E-state index contributed by atoms with van der Waals surface area (Å²) in [4.78, 5) is 0. The quantitative estimate of drug-likeness (QED) is 0.505. The molecule has 2 unspecified atom stereocenters. The Balaban J connectivity index is 0.00000196. The monoisotopic (exact) mass is 246 g/mol. The summed E-state index contributed by atoms with van der Waals surface area (Å²) in [6.07, 6.45) is -4.77. The number of benzene rings is 1. The van der Waals surface area contributed by atoms with Crippen LogP contribution in [0, 0.1) is 0 Å². The molecule has 0 spiro atoms. The van der Waals surface area contributed by atoms with Crippen LogP contribution in [0.15, 0.2) is 30.3 Å². The summed E-state index contributed by atoms with van der Waals surface area (Å²) in [5, 5.41) is -2.44. The normalized spacial score (nSPS) is 15.2. The predicted octanol–water partition coefficient (Wildman–Crippen LogP) is -0.827. The summed E-state index contributed by atoms with van der Waals surface area (Å²) < 4.78 is 57.6. The summed E-state index contributed by atoms with van der Waals surface area (Å²) in [5.41, 5.74) is -0.270. The number of halogens is 3. The molecule has 0 heterocycles. The minimum atomic E-state index is -4.77. The van der Waals surface area contributed by atoms with Gasteiger partial charge in [-0.2, -0.15) is 13.2 Å². The molecule has 0 amide bonds. The van der Waals surface area contributed by atoms with Crippen LogP contribution in [-0.4, -0.2) is 14.9 Å². The first kappa shape index (κ1) is 15.1. The fraction of sp³-hybridized carbons (Fsp3) is 0.250. The molecule has 7 heteroatoms. The fourth-order valence-corrected chi connectivity index (χ4v) is 1.63. The van der Waals surface area contributed by atoms with Crippen LogP contribution in [0.5, 0.6) is 0 Å². The topological polar surface area (TPSA) is 40.1 Å². The minimum absolute atomic E-state index is 0. The van der Waals surface area contributed by atoms with Crippen molar-refractivity contribution < 1.29 is 51.5 Å². The standard InChI is InChI=1S/C8H7F3O2S.Na/c9-8(10,11)7(14(12)13)6-4-2-1-3-5-6;/h1-5,7H,(H,12,13);/q;+1/p-1. The summed E-state index contributed by atoms with van der Waals surface area (Å²) in [6, 6.07) is 6.51. The SMILES string of the molecule is O=S([O-])C(c1ccccc1)C(F)(F)F.[Na+]. The fourth-order valence-electron chi connectivity index (χ4n) is 1.04. The third-order valence-electron chi connectivity index (χ3n) is 1.59. The van der Waals surface area contributed by atoms with Gasteiger partial charge in [0.1, 0.15) is 5.25 Å². The van der Waals surface area contributed by atoms with Gasteiger partial charge in [0.15, 0.2) is 0 Å². The van der Waals surface area contributed by atoms with Crippen molar-refractivity contribution >= 4 is 11.1 Å². The second kappa shape index (κ2) is 6.00. The summed E-state index contributed by atoms with van der Waals surface area (Å²) >= 11 is -3.20. The van der Waals surface area contributed by atoms with E-state index in [0.29, 0.717) is 0 Å². The molecular weight excluding hydrogens is 240 g/mol. The van der Waals surface area contributed by atoms with Crippen LogP contribution in [0.4, 0.5) is 13.2 Å². The maximum Gasteiger partial charge on any atom is 1.00 e. The molecule has 1 rings (SSSR count). The minimum Gasteiger partial charge on any atom is -0.772 e. The van der Waals surface area contributed by atoms with E-state index < -0.39 is 22.5 Å². The van der Waals surface area contributed by atoms with Gasteiger partial charge in [0.25, 0.3) is 0 Å². The zero-order valence-corrected chi connectivity index (χ0v) is 10.6. The zero-order valence-electron chi connectivity index (χ0n) is 7.82. The van der Waals surface area contributed by atoms with E-state index in [2.05, 4.69) is 0 Å². The molecular formula is C8H6F3NaO2S. The van der Waals surface area contributed by atoms with Crippen LogP contribution in [0.3, 0.4) is 0 Å². The van der Waals surface area contributed by atoms with Crippen LogP contribution >= 0.6 is 0 Å². The van der Waals surface area contributed by atoms with Gasteiger partial charge < -0.3 is 4.55 Å². The predicted molar refractivity (Wildman–Crippen MR) is 44.2 cm³/mol. The van der Waals surface area contributed by atoms with Gasteiger partial charge in [-0.05, 0) is 16.6 Å². The Kier molecular flexibility index (Phi) is 6.05. The van der Waals surface area contributed by atoms with Crippen molar-refractivity contribution in [3.05, 3.63) is 35.9 Å². The van der Waals surface area contributed by atoms with Crippen molar-refractivity contribution in [2.45, 2.75) is 11.4 Å². The molecule has 1 aromatic rings. The smallest absolute Gasteiger partial charge is 0.772 e. The Bertz CT molecular complexity index is 328. The second-order valence-corrected chi connectivity index (χ2v) is 3.59. The van der Waals surface area contributed by atoms with Gasteiger partial charge in [-0.15, -0.1) is 0 Å². The Labute approximate surface area is 109 Å². The molecule has 0 saturated carbocycles. The van der Waals surface area contributed by atoms with Crippen molar-refractivity contribution in [3.63, 3.8) is 0 Å². The van der Waals surface area contributed by atoms with E-state index in [1.807, 2.05) is 0 Å². The van der Waals surface area contributed by atoms with Gasteiger partial charge in [0.2, 0.25) is 0 Å². The summed E-state index contributed by atoms with van der Waals surface area (Å²) in [6.45, 7) is 0. The Morgan fingerprint density at radius 1 is 1.20 bits per heavy atom. The zero-order chi connectivity index (χ0) is 10.8. The average molecular weight is 246 g/mol. The average Bonchev–Trinajstić information content (AvgIpc) is 2.02. The van der Waals surface area contributed by atoms with Crippen LogP contribution in [-0.2, 0) is 11.1 Å². The van der Waals surface area contributed by atoms with E-state index in [4.69, 9.17) is 0 Å². The Morgan fingerprint density at radius 2 is 1.67 bits per heavy atom. The van der Waals surface area contributed by atoms with Gasteiger partial charge in [-0.3, -0.25) is 4.21 Å². The molecule has 15 heavy (non-hydrogen) atoms. The van der Waals surface area contributed by atoms with Gasteiger partial charge >= 0.3 is 35.7 Å². The van der Waals surface area contributed by atoms with E-state index in [1.165, 1.54) is 18.2 Å². The first-order valence-corrected chi connectivity index (χ1v) is 4.76. The van der Waals surface area contributed by atoms with E-state index >= 15 is 0 Å². The van der Waals surface area contributed by atoms with Gasteiger partial charge in [0, 0.05) is 0 Å². The van der Waals surface area contributed by atoms with Crippen LogP contribution < -0.4 is 29.6 Å². The summed E-state index contributed by atoms with van der Waals surface area (Å²) in [7, 11) is 0. The molecule has 0 aliphatic carbocycles. The first-order chi connectivity index (χ1) is 6.43. The Hall–Kier alpha value is 0.120. The molecule has 0 saturated heterocycles. The van der Waals surface area contributed by atoms with E-state index in [1.54, 1.807) is 0 Å². The summed E-state index contributed by atoms with van der Waals surface area (Å²) in [5.74, 6) is 0. The maximum atomic E-state index is 12.3. The number of rotatable bonds is 2. The maximum absolute atomic E-state index is 12.3. The van der Waals surface area contributed by atoms with Gasteiger partial charge in [0.05, 0.1) is 0 Å². The number of hydrogen-bond acceptors (Lipinski definition) is 2. The van der Waals surface area contributed by atoms with E-state index in [-0.39, 0.29) is 35.1 Å². The van der Waals surface area contributed by atoms with Crippen LogP contribution in [0.25, 0.3) is 0 Å². The third kappa shape index (κ3) is 4.24. The first-order valence-electron chi connectivity index (χ1n) is 3.62. The van der Waals surface area contributed by atoms with Gasteiger partial charge in [-0.1, -0.05) is 30.3 Å².